The maximum absolute atomic E-state index is 3.08. The molecule has 56 heavy (non-hydrogen) atoms. The summed E-state index contributed by atoms with van der Waals surface area (Å²) in [6.45, 7) is 21.9. The van der Waals surface area contributed by atoms with Gasteiger partial charge in [-0.05, 0) is 0 Å². The van der Waals surface area contributed by atoms with Gasteiger partial charge in [-0.15, -0.1) is 0 Å². The topological polar surface area (TPSA) is 0 Å². The molecular formula is C53H62Cl2Zr. The number of benzene rings is 3. The van der Waals surface area contributed by atoms with Crippen molar-refractivity contribution in [2.45, 2.75) is 116 Å². The molecule has 0 spiro atoms. The largest absolute Gasteiger partial charge is 1.00 e. The van der Waals surface area contributed by atoms with Crippen molar-refractivity contribution in [1.82, 2.24) is 0 Å². The second-order valence-electron chi connectivity index (χ2n) is 19.6. The number of halogens is 2. The van der Waals surface area contributed by atoms with Gasteiger partial charge in [0.15, 0.2) is 0 Å². The molecule has 292 valence electrons. The Hall–Kier alpha value is -2.31. The third-order valence-electron chi connectivity index (χ3n) is 17.4. The van der Waals surface area contributed by atoms with Gasteiger partial charge in [0, 0.05) is 0 Å². The van der Waals surface area contributed by atoms with Gasteiger partial charge < -0.3 is 24.8 Å². The molecule has 0 bridgehead atoms. The van der Waals surface area contributed by atoms with Gasteiger partial charge in [0.25, 0.3) is 0 Å². The smallest absolute Gasteiger partial charge is 1.00 e. The summed E-state index contributed by atoms with van der Waals surface area (Å²) in [6, 6.07) is 33.0. The molecular weight excluding hydrogens is 799 g/mol. The Morgan fingerprint density at radius 1 is 0.661 bits per heavy atom. The van der Waals surface area contributed by atoms with Gasteiger partial charge >= 0.3 is 337 Å². The minimum absolute atomic E-state index is 0. The van der Waals surface area contributed by atoms with Crippen molar-refractivity contribution in [3.63, 3.8) is 0 Å². The zero-order valence-electron chi connectivity index (χ0n) is 35.2. The molecule has 9 rings (SSSR count). The molecule has 3 atom stereocenters. The molecule has 6 aliphatic rings. The summed E-state index contributed by atoms with van der Waals surface area (Å²) in [5, 5.41) is 0. The molecule has 3 aromatic carbocycles. The van der Waals surface area contributed by atoms with Gasteiger partial charge in [-0.25, -0.2) is 0 Å². The molecule has 0 aromatic heterocycles. The Kier molecular flexibility index (Phi) is 11.3. The van der Waals surface area contributed by atoms with E-state index in [0.29, 0.717) is 5.92 Å². The van der Waals surface area contributed by atoms with E-state index in [1.54, 1.807) is 25.5 Å². The SMILES string of the molecule is CC12C(=C3Cc4ccccc4C3=C3C=CCCC31)[C](C)([Zr+2]([C]1=CC(C3CCCCC3)=CC1)=[C](c1ccccc1)c1ccccc1)C(C)(C)C(C)(C)C2(C)C.[Cl-].[Cl-]. The van der Waals surface area contributed by atoms with Crippen molar-refractivity contribution >= 4 is 8.78 Å². The van der Waals surface area contributed by atoms with Crippen LogP contribution in [-0.2, 0) is 27.7 Å². The molecule has 0 heterocycles. The van der Waals surface area contributed by atoms with Gasteiger partial charge in [0.05, 0.1) is 0 Å². The summed E-state index contributed by atoms with van der Waals surface area (Å²) in [4.78, 5) is 0. The molecule has 0 amide bonds. The zero-order chi connectivity index (χ0) is 37.7. The molecule has 0 nitrogen and oxygen atoms in total. The number of rotatable bonds is 5. The molecule has 0 N–H and O–H groups in total. The normalized spacial score (nSPS) is 27.9. The Morgan fingerprint density at radius 3 is 1.91 bits per heavy atom. The summed E-state index contributed by atoms with van der Waals surface area (Å²) in [6.07, 6.45) is 22.2. The van der Waals surface area contributed by atoms with E-state index in [-0.39, 0.29) is 49.6 Å². The van der Waals surface area contributed by atoms with Crippen LogP contribution < -0.4 is 24.8 Å². The first kappa shape index (κ1) is 41.8. The van der Waals surface area contributed by atoms with Crippen molar-refractivity contribution < 1.29 is 46.1 Å². The van der Waals surface area contributed by atoms with Crippen LogP contribution in [0.3, 0.4) is 0 Å². The number of allylic oxidation sites excluding steroid dienone is 10. The van der Waals surface area contributed by atoms with Crippen molar-refractivity contribution in [3.05, 3.63) is 157 Å². The van der Waals surface area contributed by atoms with Crippen LogP contribution in [0.2, 0.25) is 3.12 Å². The van der Waals surface area contributed by atoms with Crippen molar-refractivity contribution in [1.29, 1.82) is 0 Å². The fourth-order valence-corrected chi connectivity index (χ4v) is 24.5. The Morgan fingerprint density at radius 2 is 1.27 bits per heavy atom. The first-order chi connectivity index (χ1) is 25.9. The van der Waals surface area contributed by atoms with Crippen LogP contribution in [0.15, 0.2) is 135 Å². The molecule has 6 aliphatic carbocycles. The molecule has 3 unspecified atom stereocenters. The summed E-state index contributed by atoms with van der Waals surface area (Å²) >= 11 is -3.08. The minimum atomic E-state index is -3.08. The van der Waals surface area contributed by atoms with E-state index in [1.807, 2.05) is 8.85 Å². The molecule has 3 aromatic rings. The van der Waals surface area contributed by atoms with Gasteiger partial charge in [-0.2, -0.15) is 0 Å². The average Bonchev–Trinajstić information content (AvgIpc) is 3.83. The standard InChI is InChI=1S/C29H37.C13H10.C11H15.2ClH.Zr/c1-18-25-22-17-19-13-9-10-14-20(19)24(22)21-15-11-12-16-23(21)29(25,8)28(6,7)27(4,5)26(18,2)3;1-3-7-12(8-4-1)11-13-9-5-2-6-10-13;1-2-6-10(7-3-1)11-8-4-5-9-11;;;/h9-11,13-15,23H,12,16-17H2,1-8H3;1-10H;8-10H,1-4,6-7H2;2*1H;/q;;;;;+2/p-2. The van der Waals surface area contributed by atoms with E-state index in [0.717, 1.165) is 18.8 Å². The van der Waals surface area contributed by atoms with Crippen molar-refractivity contribution in [2.75, 3.05) is 0 Å². The van der Waals surface area contributed by atoms with Crippen LogP contribution in [0, 0.1) is 33.5 Å². The molecule has 2 saturated carbocycles. The summed E-state index contributed by atoms with van der Waals surface area (Å²) < 4.78 is 3.53. The molecule has 3 heteroatoms. The van der Waals surface area contributed by atoms with E-state index in [9.17, 15) is 0 Å². The molecule has 2 fully saturated rings. The Balaban J connectivity index is 0.00000240. The third-order valence-corrected chi connectivity index (χ3v) is 27.1. The second-order valence-corrected chi connectivity index (χ2v) is 26.8. The zero-order valence-corrected chi connectivity index (χ0v) is 39.1. The fraction of sp³-hybridized carbons (Fsp3) is 0.453. The monoisotopic (exact) mass is 858 g/mol. The Labute approximate surface area is 359 Å². The average molecular weight is 861 g/mol. The maximum atomic E-state index is 2.87. The second kappa shape index (κ2) is 15.1. The van der Waals surface area contributed by atoms with Gasteiger partial charge in [0.2, 0.25) is 0 Å². The molecule has 0 radical (unpaired) electrons. The summed E-state index contributed by atoms with van der Waals surface area (Å²) in [7, 11) is 0. The van der Waals surface area contributed by atoms with Crippen molar-refractivity contribution in [2.24, 2.45) is 33.5 Å². The quantitative estimate of drug-likeness (QED) is 0.243. The predicted molar refractivity (Wildman–Crippen MR) is 227 cm³/mol. The first-order valence-corrected chi connectivity index (χ1v) is 25.0. The summed E-state index contributed by atoms with van der Waals surface area (Å²) in [5.74, 6) is 1.24. The molecule has 0 saturated heterocycles. The predicted octanol–water partition coefficient (Wildman–Crippen LogP) is 8.24. The van der Waals surface area contributed by atoms with E-state index in [2.05, 4.69) is 165 Å². The van der Waals surface area contributed by atoms with E-state index >= 15 is 0 Å². The van der Waals surface area contributed by atoms with Crippen LogP contribution in [0.4, 0.5) is 0 Å². The number of hydrogen-bond acceptors (Lipinski definition) is 0. The number of fused-ring (bicyclic) bond motifs is 6. The maximum Gasteiger partial charge on any atom is -1.00 e. The van der Waals surface area contributed by atoms with E-state index < -0.39 is 21.3 Å². The minimum Gasteiger partial charge on any atom is -1.00 e. The van der Waals surface area contributed by atoms with Crippen molar-refractivity contribution in [3.8, 4) is 0 Å². The van der Waals surface area contributed by atoms with Crippen LogP contribution in [0.5, 0.6) is 0 Å². The third kappa shape index (κ3) is 5.70. The van der Waals surface area contributed by atoms with Crippen LogP contribution in [-0.4, -0.2) is 3.21 Å². The van der Waals surface area contributed by atoms with Crippen LogP contribution in [0.1, 0.15) is 129 Å². The molecule has 0 aliphatic heterocycles. The number of hydrogen-bond donors (Lipinski definition) is 0. The van der Waals surface area contributed by atoms with Crippen LogP contribution in [0.25, 0.3) is 5.57 Å². The van der Waals surface area contributed by atoms with E-state index in [4.69, 9.17) is 0 Å². The van der Waals surface area contributed by atoms with Gasteiger partial charge in [0.1, 0.15) is 0 Å². The van der Waals surface area contributed by atoms with Gasteiger partial charge in [-0.1, -0.05) is 0 Å². The summed E-state index contributed by atoms with van der Waals surface area (Å²) in [5.41, 5.74) is 14.6. The van der Waals surface area contributed by atoms with Crippen LogP contribution >= 0.6 is 0 Å². The fourth-order valence-electron chi connectivity index (χ4n) is 13.2. The Bertz CT molecular complexity index is 2160. The van der Waals surface area contributed by atoms with E-state index in [1.165, 1.54) is 67.2 Å². The van der Waals surface area contributed by atoms with Gasteiger partial charge in [-0.3, -0.25) is 0 Å². The first-order valence-electron chi connectivity index (χ1n) is 21.4.